The van der Waals surface area contributed by atoms with Gasteiger partial charge >= 0.3 is 28.4 Å². The number of urea groups is 2. The zero-order chi connectivity index (χ0) is 32.9. The van der Waals surface area contributed by atoms with Gasteiger partial charge in [0.1, 0.15) is 6.04 Å². The Balaban J connectivity index is 3.84. The lowest BCUT2D eigenvalue weighted by Gasteiger charge is -2.17. The zero-order valence-electron chi connectivity index (χ0n) is 26.8. The van der Waals surface area contributed by atoms with Crippen LogP contribution in [0.4, 0.5) is 9.59 Å². The summed E-state index contributed by atoms with van der Waals surface area (Å²) >= 11 is 0. The summed E-state index contributed by atoms with van der Waals surface area (Å²) in [5.41, 5.74) is 0. The van der Waals surface area contributed by atoms with Crippen LogP contribution in [0.5, 0.6) is 0 Å². The highest BCUT2D eigenvalue weighted by Crippen LogP contribution is 2.10. The number of carbonyl (C=O) groups is 4. The van der Waals surface area contributed by atoms with E-state index in [9.17, 15) is 27.6 Å². The van der Waals surface area contributed by atoms with Crippen molar-refractivity contribution < 1.29 is 41.1 Å². The summed E-state index contributed by atoms with van der Waals surface area (Å²) in [6.07, 6.45) is 16.2. The fraction of sp³-hybridized carbons (Fsp3) is 0.862. The Hall–Kier alpha value is -2.65. The third-order valence-electron chi connectivity index (χ3n) is 6.83. The fourth-order valence-corrected chi connectivity index (χ4v) is 4.66. The molecule has 0 rings (SSSR count). The Morgan fingerprint density at radius 1 is 0.659 bits per heavy atom. The first-order chi connectivity index (χ1) is 21.1. The molecule has 0 heterocycles. The molecular weight excluding hydrogens is 594 g/mol. The number of ether oxygens (including phenoxy) is 1. The summed E-state index contributed by atoms with van der Waals surface area (Å²) in [6.45, 7) is 3.15. The molecule has 0 aromatic rings. The Kier molecular flexibility index (Phi) is 26.2. The minimum Gasteiger partial charge on any atom is -0.467 e. The average molecular weight is 652 g/mol. The van der Waals surface area contributed by atoms with Crippen molar-refractivity contribution in [1.29, 1.82) is 0 Å². The predicted octanol–water partition coefficient (Wildman–Crippen LogP) is 3.71. The van der Waals surface area contributed by atoms with Crippen LogP contribution in [0.3, 0.4) is 0 Å². The Morgan fingerprint density at radius 2 is 1.16 bits per heavy atom. The van der Waals surface area contributed by atoms with E-state index >= 15 is 0 Å². The first-order valence-corrected chi connectivity index (χ1v) is 17.5. The molecule has 1 atom stereocenters. The molecule has 5 amide bonds. The van der Waals surface area contributed by atoms with E-state index in [1.807, 2.05) is 0 Å². The van der Waals surface area contributed by atoms with Gasteiger partial charge in [0, 0.05) is 32.6 Å². The molecule has 15 heteroatoms. The monoisotopic (exact) mass is 651 g/mol. The summed E-state index contributed by atoms with van der Waals surface area (Å²) in [7, 11) is -3.24. The van der Waals surface area contributed by atoms with Crippen molar-refractivity contribution >= 4 is 34.3 Å². The zero-order valence-corrected chi connectivity index (χ0v) is 27.6. The van der Waals surface area contributed by atoms with E-state index in [2.05, 4.69) is 37.7 Å². The highest BCUT2D eigenvalue weighted by atomic mass is 32.3. The van der Waals surface area contributed by atoms with Crippen molar-refractivity contribution in [2.75, 3.05) is 39.9 Å². The van der Waals surface area contributed by atoms with Gasteiger partial charge in [-0.25, -0.2) is 18.6 Å². The van der Waals surface area contributed by atoms with Crippen molar-refractivity contribution in [2.45, 2.75) is 122 Å². The second-order valence-electron chi connectivity index (χ2n) is 10.7. The average Bonchev–Trinajstić information content (AvgIpc) is 2.98. The van der Waals surface area contributed by atoms with Gasteiger partial charge in [0.05, 0.1) is 13.7 Å². The third-order valence-corrected chi connectivity index (χ3v) is 7.30. The molecule has 0 aliphatic rings. The number of hydrogen-bond donors (Lipinski definition) is 6. The predicted molar refractivity (Wildman–Crippen MR) is 168 cm³/mol. The molecule has 14 nitrogen and oxygen atoms in total. The van der Waals surface area contributed by atoms with Gasteiger partial charge in [-0.2, -0.15) is 8.42 Å². The van der Waals surface area contributed by atoms with Crippen LogP contribution in [-0.2, 0) is 28.9 Å². The second kappa shape index (κ2) is 27.9. The van der Waals surface area contributed by atoms with Gasteiger partial charge < -0.3 is 31.3 Å². The number of esters is 1. The molecular formula is C29H57N5O9S. The number of nitrogens with one attached hydrogen (secondary N) is 5. The highest BCUT2D eigenvalue weighted by Gasteiger charge is 2.20. The van der Waals surface area contributed by atoms with Gasteiger partial charge in [-0.15, -0.1) is 0 Å². The molecule has 0 saturated heterocycles. The summed E-state index contributed by atoms with van der Waals surface area (Å²) in [4.78, 5) is 48.0. The van der Waals surface area contributed by atoms with Crippen molar-refractivity contribution in [3.05, 3.63) is 0 Å². The third kappa shape index (κ3) is 28.1. The maximum atomic E-state index is 12.3. The van der Waals surface area contributed by atoms with Crippen LogP contribution in [0, 0.1) is 0 Å². The highest BCUT2D eigenvalue weighted by molar-refractivity contribution is 7.80. The lowest BCUT2D eigenvalue weighted by molar-refractivity contribution is -0.143. The van der Waals surface area contributed by atoms with Crippen LogP contribution in [-0.4, -0.2) is 82.8 Å². The summed E-state index contributed by atoms with van der Waals surface area (Å²) in [5, 5.41) is 13.3. The summed E-state index contributed by atoms with van der Waals surface area (Å²) in [5.74, 6) is -0.462. The maximum absolute atomic E-state index is 12.3. The van der Waals surface area contributed by atoms with E-state index in [1.165, 1.54) is 52.1 Å². The van der Waals surface area contributed by atoms with Crippen molar-refractivity contribution in [3.63, 3.8) is 0 Å². The molecule has 0 radical (unpaired) electrons. The van der Waals surface area contributed by atoms with Gasteiger partial charge in [-0.3, -0.25) is 9.35 Å². The number of carbonyl (C=O) groups excluding carboxylic acids is 4. The first-order valence-electron chi connectivity index (χ1n) is 16.1. The maximum Gasteiger partial charge on any atom is 0.397 e. The summed E-state index contributed by atoms with van der Waals surface area (Å²) < 4.78 is 38.1. The second-order valence-corrected chi connectivity index (χ2v) is 11.8. The molecule has 0 fully saturated rings. The smallest absolute Gasteiger partial charge is 0.397 e. The number of rotatable bonds is 28. The topological polar surface area (TPSA) is 201 Å². The fourth-order valence-electron chi connectivity index (χ4n) is 4.37. The van der Waals surface area contributed by atoms with Gasteiger partial charge in [-0.05, 0) is 38.5 Å². The lowest BCUT2D eigenvalue weighted by atomic mass is 10.1. The van der Waals surface area contributed by atoms with Crippen LogP contribution < -0.4 is 26.6 Å². The summed E-state index contributed by atoms with van der Waals surface area (Å²) in [6, 6.07) is -1.70. The first kappa shape index (κ1) is 41.4. The Labute approximate surface area is 263 Å². The van der Waals surface area contributed by atoms with Crippen LogP contribution in [0.25, 0.3) is 0 Å². The van der Waals surface area contributed by atoms with Gasteiger partial charge in [-0.1, -0.05) is 71.1 Å². The molecule has 258 valence electrons. The molecule has 0 spiro atoms. The quantitative estimate of drug-likeness (QED) is 0.0414. The molecule has 6 N–H and O–H groups in total. The van der Waals surface area contributed by atoms with Crippen molar-refractivity contribution in [1.82, 2.24) is 26.6 Å². The largest absolute Gasteiger partial charge is 0.467 e. The molecule has 0 bridgehead atoms. The van der Waals surface area contributed by atoms with E-state index in [0.717, 1.165) is 25.7 Å². The molecule has 0 unspecified atom stereocenters. The molecule has 0 aliphatic carbocycles. The van der Waals surface area contributed by atoms with Crippen LogP contribution in [0.2, 0.25) is 0 Å². The number of unbranched alkanes of at least 4 members (excludes halogenated alkanes) is 12. The SMILES string of the molecule is CCCCCCCCCCCC(=O)NCCCC[C@H](NC(=O)NCCCCCCNC(=O)NCCOS(=O)(=O)O)C(=O)OC. The normalized spacial score (nSPS) is 11.8. The minimum atomic E-state index is -4.52. The van der Waals surface area contributed by atoms with Crippen LogP contribution >= 0.6 is 0 Å². The van der Waals surface area contributed by atoms with Gasteiger partial charge in [0.2, 0.25) is 5.91 Å². The number of methoxy groups -OCH3 is 1. The molecule has 0 saturated carbocycles. The Morgan fingerprint density at radius 3 is 1.75 bits per heavy atom. The minimum absolute atomic E-state index is 0.0544. The standard InChI is InChI=1S/C29H57N5O9S/c1-3-4-5-6-7-8-9-10-13-19-26(35)30-20-17-14-18-25(27(36)42-2)34-29(38)32-22-16-12-11-15-21-31-28(37)33-23-24-43-44(39,40)41/h25H,3-24H2,1-2H3,(H,30,35)(H2,31,33,37)(H2,32,34,38)(H,39,40,41)/t25-/m0/s1. The van der Waals surface area contributed by atoms with Crippen molar-refractivity contribution in [2.24, 2.45) is 0 Å². The molecule has 44 heavy (non-hydrogen) atoms. The van der Waals surface area contributed by atoms with E-state index < -0.39 is 34.5 Å². The van der Waals surface area contributed by atoms with E-state index in [-0.39, 0.29) is 19.1 Å². The number of hydrogen-bond acceptors (Lipinski definition) is 8. The van der Waals surface area contributed by atoms with Gasteiger partial charge in [0.15, 0.2) is 0 Å². The van der Waals surface area contributed by atoms with Crippen LogP contribution in [0.15, 0.2) is 0 Å². The van der Waals surface area contributed by atoms with Crippen molar-refractivity contribution in [3.8, 4) is 0 Å². The number of amides is 5. The van der Waals surface area contributed by atoms with E-state index in [1.54, 1.807) is 0 Å². The molecule has 0 aromatic heterocycles. The van der Waals surface area contributed by atoms with E-state index in [0.29, 0.717) is 58.2 Å². The van der Waals surface area contributed by atoms with E-state index in [4.69, 9.17) is 9.29 Å². The molecule has 0 aliphatic heterocycles. The molecule has 0 aromatic carbocycles. The van der Waals surface area contributed by atoms with Gasteiger partial charge in [0.25, 0.3) is 0 Å². The lowest BCUT2D eigenvalue weighted by Crippen LogP contribution is -2.46. The Bertz CT molecular complexity index is 890. The van der Waals surface area contributed by atoms with Crippen LogP contribution in [0.1, 0.15) is 116 Å².